The molecule has 92 valence electrons. The van der Waals surface area contributed by atoms with Crippen LogP contribution in [0.4, 0.5) is 0 Å². The molecular weight excluding hydrogens is 222 g/mol. The van der Waals surface area contributed by atoms with Crippen LogP contribution in [0.1, 0.15) is 32.6 Å². The number of rotatable bonds is 5. The third kappa shape index (κ3) is 2.92. The molecule has 0 aromatic rings. The van der Waals surface area contributed by atoms with Crippen molar-refractivity contribution in [2.75, 3.05) is 24.7 Å². The van der Waals surface area contributed by atoms with Gasteiger partial charge in [-0.3, -0.25) is 4.79 Å². The van der Waals surface area contributed by atoms with E-state index in [-0.39, 0.29) is 11.5 Å². The molecule has 1 unspecified atom stereocenters. The van der Waals surface area contributed by atoms with Gasteiger partial charge in [0.15, 0.2) is 0 Å². The summed E-state index contributed by atoms with van der Waals surface area (Å²) in [5, 5.41) is 3.49. The number of esters is 1. The quantitative estimate of drug-likeness (QED) is 0.748. The Balaban J connectivity index is 1.94. The average molecular weight is 243 g/mol. The standard InChI is InChI=1S/C12H21NO2S/c1-2-15-11(14)12(6-3-7-16-9-12)13-8-10-4-5-10/h10,13H,2-9H2,1H3. The number of carbonyl (C=O) groups excluding carboxylic acids is 1. The zero-order chi connectivity index (χ0) is 11.4. The van der Waals surface area contributed by atoms with Crippen LogP contribution in [0.5, 0.6) is 0 Å². The Morgan fingerprint density at radius 1 is 1.56 bits per heavy atom. The maximum Gasteiger partial charge on any atom is 0.327 e. The highest BCUT2D eigenvalue weighted by Gasteiger charge is 2.42. The van der Waals surface area contributed by atoms with Gasteiger partial charge in [0, 0.05) is 5.75 Å². The fourth-order valence-corrected chi connectivity index (χ4v) is 3.30. The largest absolute Gasteiger partial charge is 0.465 e. The van der Waals surface area contributed by atoms with E-state index in [0.717, 1.165) is 31.1 Å². The second kappa shape index (κ2) is 5.41. The lowest BCUT2D eigenvalue weighted by Crippen LogP contribution is -2.57. The molecule has 16 heavy (non-hydrogen) atoms. The summed E-state index contributed by atoms with van der Waals surface area (Å²) < 4.78 is 5.22. The molecule has 0 amide bonds. The summed E-state index contributed by atoms with van der Waals surface area (Å²) in [5.74, 6) is 2.81. The van der Waals surface area contributed by atoms with Crippen molar-refractivity contribution in [1.29, 1.82) is 0 Å². The number of thioether (sulfide) groups is 1. The monoisotopic (exact) mass is 243 g/mol. The van der Waals surface area contributed by atoms with E-state index in [0.29, 0.717) is 6.61 Å². The number of ether oxygens (including phenoxy) is 1. The highest BCUT2D eigenvalue weighted by Crippen LogP contribution is 2.32. The van der Waals surface area contributed by atoms with E-state index in [1.54, 1.807) is 0 Å². The van der Waals surface area contributed by atoms with Crippen molar-refractivity contribution in [3.8, 4) is 0 Å². The molecule has 0 aromatic carbocycles. The van der Waals surface area contributed by atoms with Crippen molar-refractivity contribution < 1.29 is 9.53 Å². The summed E-state index contributed by atoms with van der Waals surface area (Å²) in [4.78, 5) is 12.1. The normalized spacial score (nSPS) is 30.1. The topological polar surface area (TPSA) is 38.3 Å². The predicted octanol–water partition coefficient (Wildman–Crippen LogP) is 1.81. The van der Waals surface area contributed by atoms with E-state index >= 15 is 0 Å². The van der Waals surface area contributed by atoms with E-state index in [2.05, 4.69) is 5.32 Å². The average Bonchev–Trinajstić information content (AvgIpc) is 3.12. The van der Waals surface area contributed by atoms with E-state index in [1.807, 2.05) is 18.7 Å². The summed E-state index contributed by atoms with van der Waals surface area (Å²) in [6.45, 7) is 3.35. The third-order valence-electron chi connectivity index (χ3n) is 3.33. The predicted molar refractivity (Wildman–Crippen MR) is 66.6 cm³/mol. The Hall–Kier alpha value is -0.220. The van der Waals surface area contributed by atoms with Gasteiger partial charge in [-0.25, -0.2) is 0 Å². The molecule has 1 atom stereocenters. The first-order chi connectivity index (χ1) is 7.77. The van der Waals surface area contributed by atoms with E-state index in [9.17, 15) is 4.79 Å². The van der Waals surface area contributed by atoms with Crippen LogP contribution in [0, 0.1) is 5.92 Å². The SMILES string of the molecule is CCOC(=O)C1(NCC2CC2)CCCSC1. The van der Waals surface area contributed by atoms with Gasteiger partial charge >= 0.3 is 5.97 Å². The molecule has 0 radical (unpaired) electrons. The van der Waals surface area contributed by atoms with Crippen molar-refractivity contribution in [2.24, 2.45) is 5.92 Å². The van der Waals surface area contributed by atoms with Crippen LogP contribution in [0.3, 0.4) is 0 Å². The molecule has 2 fully saturated rings. The first-order valence-electron chi connectivity index (χ1n) is 6.27. The van der Waals surface area contributed by atoms with Crippen LogP contribution in [0.25, 0.3) is 0 Å². The molecule has 2 aliphatic rings. The highest BCUT2D eigenvalue weighted by molar-refractivity contribution is 7.99. The molecule has 0 aromatic heterocycles. The van der Waals surface area contributed by atoms with Gasteiger partial charge in [-0.05, 0) is 50.8 Å². The second-order valence-corrected chi connectivity index (χ2v) is 5.89. The molecule has 0 bridgehead atoms. The summed E-state index contributed by atoms with van der Waals surface area (Å²) in [6, 6.07) is 0. The Morgan fingerprint density at radius 3 is 2.94 bits per heavy atom. The van der Waals surface area contributed by atoms with E-state index in [4.69, 9.17) is 4.74 Å². The van der Waals surface area contributed by atoms with Crippen LogP contribution in [0.2, 0.25) is 0 Å². The Kier molecular flexibility index (Phi) is 4.14. The van der Waals surface area contributed by atoms with Crippen LogP contribution in [-0.2, 0) is 9.53 Å². The minimum absolute atomic E-state index is 0.0390. The maximum atomic E-state index is 12.1. The fraction of sp³-hybridized carbons (Fsp3) is 0.917. The van der Waals surface area contributed by atoms with Crippen molar-refractivity contribution in [2.45, 2.75) is 38.1 Å². The van der Waals surface area contributed by atoms with Crippen molar-refractivity contribution in [1.82, 2.24) is 5.32 Å². The first kappa shape index (κ1) is 12.2. The molecule has 1 heterocycles. The van der Waals surface area contributed by atoms with Gasteiger partial charge in [-0.2, -0.15) is 11.8 Å². The lowest BCUT2D eigenvalue weighted by atomic mass is 9.95. The van der Waals surface area contributed by atoms with Crippen LogP contribution in [0.15, 0.2) is 0 Å². The van der Waals surface area contributed by atoms with Crippen LogP contribution < -0.4 is 5.32 Å². The fourth-order valence-electron chi connectivity index (χ4n) is 2.10. The zero-order valence-electron chi connectivity index (χ0n) is 9.96. The molecular formula is C12H21NO2S. The molecule has 1 saturated heterocycles. The minimum Gasteiger partial charge on any atom is -0.465 e. The molecule has 3 nitrogen and oxygen atoms in total. The van der Waals surface area contributed by atoms with Gasteiger partial charge in [-0.15, -0.1) is 0 Å². The van der Waals surface area contributed by atoms with Gasteiger partial charge in [0.05, 0.1) is 6.61 Å². The van der Waals surface area contributed by atoms with E-state index in [1.165, 1.54) is 18.6 Å². The summed E-state index contributed by atoms with van der Waals surface area (Å²) >= 11 is 1.86. The van der Waals surface area contributed by atoms with Crippen LogP contribution >= 0.6 is 11.8 Å². The number of nitrogens with one attached hydrogen (secondary N) is 1. The molecule has 1 saturated carbocycles. The molecule has 4 heteroatoms. The summed E-state index contributed by atoms with van der Waals surface area (Å²) in [6.07, 6.45) is 4.69. The molecule has 1 aliphatic heterocycles. The van der Waals surface area contributed by atoms with E-state index < -0.39 is 0 Å². The van der Waals surface area contributed by atoms with Crippen LogP contribution in [-0.4, -0.2) is 36.2 Å². The van der Waals surface area contributed by atoms with Gasteiger partial charge < -0.3 is 10.1 Å². The smallest absolute Gasteiger partial charge is 0.327 e. The third-order valence-corrected chi connectivity index (χ3v) is 4.61. The maximum absolute atomic E-state index is 12.1. The number of carbonyl (C=O) groups is 1. The highest BCUT2D eigenvalue weighted by atomic mass is 32.2. The molecule has 1 N–H and O–H groups in total. The summed E-state index contributed by atoms with van der Waals surface area (Å²) in [7, 11) is 0. The van der Waals surface area contributed by atoms with Gasteiger partial charge in [0.1, 0.15) is 5.54 Å². The van der Waals surface area contributed by atoms with Crippen molar-refractivity contribution in [3.63, 3.8) is 0 Å². The summed E-state index contributed by atoms with van der Waals surface area (Å²) in [5.41, 5.74) is -0.387. The van der Waals surface area contributed by atoms with Gasteiger partial charge in [0.2, 0.25) is 0 Å². The first-order valence-corrected chi connectivity index (χ1v) is 7.42. The van der Waals surface area contributed by atoms with Crippen molar-refractivity contribution in [3.05, 3.63) is 0 Å². The molecule has 0 spiro atoms. The van der Waals surface area contributed by atoms with Gasteiger partial charge in [-0.1, -0.05) is 0 Å². The lowest BCUT2D eigenvalue weighted by molar-refractivity contribution is -0.150. The number of hydrogen-bond donors (Lipinski definition) is 1. The number of hydrogen-bond acceptors (Lipinski definition) is 4. The second-order valence-electron chi connectivity index (χ2n) is 4.78. The molecule has 1 aliphatic carbocycles. The Bertz CT molecular complexity index is 247. The minimum atomic E-state index is -0.387. The van der Waals surface area contributed by atoms with Crippen molar-refractivity contribution >= 4 is 17.7 Å². The lowest BCUT2D eigenvalue weighted by Gasteiger charge is -2.35. The van der Waals surface area contributed by atoms with Gasteiger partial charge in [0.25, 0.3) is 0 Å². The Morgan fingerprint density at radius 2 is 2.38 bits per heavy atom. The Labute approximate surface area is 102 Å². The molecule has 2 rings (SSSR count). The zero-order valence-corrected chi connectivity index (χ0v) is 10.8.